The highest BCUT2D eigenvalue weighted by atomic mass is 16.5. The van der Waals surface area contributed by atoms with E-state index < -0.39 is 0 Å². The van der Waals surface area contributed by atoms with Crippen LogP contribution in [0.5, 0.6) is 5.75 Å². The zero-order chi connectivity index (χ0) is 13.1. The van der Waals surface area contributed by atoms with E-state index in [0.29, 0.717) is 6.42 Å². The number of hydrogen-bond donors (Lipinski definition) is 2. The van der Waals surface area contributed by atoms with Crippen LogP contribution < -0.4 is 16.2 Å². The Bertz CT molecular complexity index is 445. The van der Waals surface area contributed by atoms with E-state index in [4.69, 9.17) is 16.2 Å². The lowest BCUT2D eigenvalue weighted by Gasteiger charge is -2.17. The van der Waals surface area contributed by atoms with E-state index in [2.05, 4.69) is 6.07 Å². The normalized spacial score (nSPS) is 16.8. The van der Waals surface area contributed by atoms with Crippen LogP contribution in [0, 0.1) is 5.92 Å². The van der Waals surface area contributed by atoms with Gasteiger partial charge in [0.25, 0.3) is 0 Å². The van der Waals surface area contributed by atoms with Crippen molar-refractivity contribution in [3.05, 3.63) is 29.3 Å². The van der Waals surface area contributed by atoms with E-state index in [1.165, 1.54) is 5.56 Å². The molecule has 0 saturated carbocycles. The standard InChI is InChI=1S/C14H20N2O2/c1-9(7-14(16)17)6-12(15)10-2-3-13-11(8-10)4-5-18-13/h2-3,8-9,12H,4-7,15H2,1H3,(H2,16,17). The summed E-state index contributed by atoms with van der Waals surface area (Å²) in [6, 6.07) is 6.05. The van der Waals surface area contributed by atoms with E-state index in [9.17, 15) is 4.79 Å². The van der Waals surface area contributed by atoms with Gasteiger partial charge in [-0.25, -0.2) is 0 Å². The zero-order valence-electron chi connectivity index (χ0n) is 10.7. The molecule has 0 spiro atoms. The molecule has 1 heterocycles. The Labute approximate surface area is 107 Å². The van der Waals surface area contributed by atoms with Gasteiger partial charge in [-0.05, 0) is 29.5 Å². The second-order valence-corrected chi connectivity index (χ2v) is 5.08. The average Bonchev–Trinajstić information content (AvgIpc) is 2.74. The molecule has 1 aromatic carbocycles. The second-order valence-electron chi connectivity index (χ2n) is 5.08. The van der Waals surface area contributed by atoms with E-state index in [-0.39, 0.29) is 17.9 Å². The Kier molecular flexibility index (Phi) is 3.87. The summed E-state index contributed by atoms with van der Waals surface area (Å²) in [5.74, 6) is 0.912. The van der Waals surface area contributed by atoms with Crippen molar-refractivity contribution in [3.8, 4) is 5.75 Å². The van der Waals surface area contributed by atoms with Gasteiger partial charge in [-0.3, -0.25) is 4.79 Å². The van der Waals surface area contributed by atoms with Crippen molar-refractivity contribution in [1.82, 2.24) is 0 Å². The predicted octanol–water partition coefficient (Wildman–Crippen LogP) is 1.52. The van der Waals surface area contributed by atoms with Crippen LogP contribution >= 0.6 is 0 Å². The van der Waals surface area contributed by atoms with Gasteiger partial charge in [0.1, 0.15) is 5.75 Å². The van der Waals surface area contributed by atoms with Gasteiger partial charge < -0.3 is 16.2 Å². The zero-order valence-corrected chi connectivity index (χ0v) is 10.7. The summed E-state index contributed by atoms with van der Waals surface area (Å²) in [7, 11) is 0. The largest absolute Gasteiger partial charge is 0.493 e. The molecule has 98 valence electrons. The van der Waals surface area contributed by atoms with Crippen molar-refractivity contribution in [1.29, 1.82) is 0 Å². The van der Waals surface area contributed by atoms with E-state index >= 15 is 0 Å². The number of ether oxygens (including phenoxy) is 1. The monoisotopic (exact) mass is 248 g/mol. The summed E-state index contributed by atoms with van der Waals surface area (Å²) >= 11 is 0. The lowest BCUT2D eigenvalue weighted by molar-refractivity contribution is -0.118. The molecule has 1 aromatic rings. The number of benzene rings is 1. The molecule has 0 bridgehead atoms. The Morgan fingerprint density at radius 3 is 3.00 bits per heavy atom. The van der Waals surface area contributed by atoms with E-state index in [1.54, 1.807) is 0 Å². The number of carbonyl (C=O) groups is 1. The van der Waals surface area contributed by atoms with Gasteiger partial charge in [-0.1, -0.05) is 19.1 Å². The molecule has 4 nitrogen and oxygen atoms in total. The fourth-order valence-electron chi connectivity index (χ4n) is 2.43. The molecule has 2 rings (SSSR count). The number of amides is 1. The highest BCUT2D eigenvalue weighted by Gasteiger charge is 2.17. The first kappa shape index (κ1) is 12.9. The summed E-state index contributed by atoms with van der Waals surface area (Å²) in [6.07, 6.45) is 2.11. The quantitative estimate of drug-likeness (QED) is 0.829. The topological polar surface area (TPSA) is 78.3 Å². The smallest absolute Gasteiger partial charge is 0.217 e. The molecule has 4 heteroatoms. The highest BCUT2D eigenvalue weighted by molar-refractivity contribution is 5.73. The van der Waals surface area contributed by atoms with Crippen LogP contribution in [0.3, 0.4) is 0 Å². The molecule has 1 aliphatic rings. The summed E-state index contributed by atoms with van der Waals surface area (Å²) < 4.78 is 5.46. The molecule has 4 N–H and O–H groups in total. The number of rotatable bonds is 5. The number of primary amides is 1. The molecule has 0 aromatic heterocycles. The first-order valence-corrected chi connectivity index (χ1v) is 6.35. The molecule has 0 aliphatic carbocycles. The molecule has 18 heavy (non-hydrogen) atoms. The van der Waals surface area contributed by atoms with Crippen molar-refractivity contribution in [2.45, 2.75) is 32.2 Å². The summed E-state index contributed by atoms with van der Waals surface area (Å²) in [4.78, 5) is 10.8. The van der Waals surface area contributed by atoms with Crippen LogP contribution in [0.1, 0.15) is 36.9 Å². The van der Waals surface area contributed by atoms with Crippen molar-refractivity contribution >= 4 is 5.91 Å². The SMILES string of the molecule is CC(CC(N)=O)CC(N)c1ccc2c(c1)CCO2. The molecular weight excluding hydrogens is 228 g/mol. The minimum absolute atomic E-state index is 0.0507. The maximum atomic E-state index is 10.8. The Morgan fingerprint density at radius 1 is 1.50 bits per heavy atom. The third-order valence-corrected chi connectivity index (χ3v) is 3.35. The van der Waals surface area contributed by atoms with Crippen LogP contribution in [-0.2, 0) is 11.2 Å². The fourth-order valence-corrected chi connectivity index (χ4v) is 2.43. The van der Waals surface area contributed by atoms with Gasteiger partial charge >= 0.3 is 0 Å². The summed E-state index contributed by atoms with van der Waals surface area (Å²) in [6.45, 7) is 2.76. The van der Waals surface area contributed by atoms with Crippen LogP contribution in [0.15, 0.2) is 18.2 Å². The third-order valence-electron chi connectivity index (χ3n) is 3.35. The molecular formula is C14H20N2O2. The molecule has 0 saturated heterocycles. The van der Waals surface area contributed by atoms with Gasteiger partial charge in [-0.15, -0.1) is 0 Å². The summed E-state index contributed by atoms with van der Waals surface area (Å²) in [5, 5.41) is 0. The Hall–Kier alpha value is -1.55. The maximum Gasteiger partial charge on any atom is 0.217 e. The molecule has 2 atom stereocenters. The van der Waals surface area contributed by atoms with Crippen molar-refractivity contribution in [2.75, 3.05) is 6.61 Å². The van der Waals surface area contributed by atoms with Gasteiger partial charge in [0.15, 0.2) is 0 Å². The van der Waals surface area contributed by atoms with Crippen LogP contribution in [0.2, 0.25) is 0 Å². The van der Waals surface area contributed by atoms with Gasteiger partial charge in [0, 0.05) is 18.9 Å². The van der Waals surface area contributed by atoms with E-state index in [1.807, 2.05) is 19.1 Å². The molecule has 1 aliphatic heterocycles. The first-order valence-electron chi connectivity index (χ1n) is 6.35. The Morgan fingerprint density at radius 2 is 2.28 bits per heavy atom. The lowest BCUT2D eigenvalue weighted by Crippen LogP contribution is -2.19. The van der Waals surface area contributed by atoms with Gasteiger partial charge in [0.05, 0.1) is 6.61 Å². The molecule has 0 fully saturated rings. The molecule has 2 unspecified atom stereocenters. The number of fused-ring (bicyclic) bond motifs is 1. The van der Waals surface area contributed by atoms with Crippen LogP contribution in [0.25, 0.3) is 0 Å². The predicted molar refractivity (Wildman–Crippen MR) is 70.2 cm³/mol. The number of hydrogen-bond acceptors (Lipinski definition) is 3. The van der Waals surface area contributed by atoms with Crippen molar-refractivity contribution < 1.29 is 9.53 Å². The fraction of sp³-hybridized carbons (Fsp3) is 0.500. The van der Waals surface area contributed by atoms with Crippen LogP contribution in [-0.4, -0.2) is 12.5 Å². The first-order chi connectivity index (χ1) is 8.56. The van der Waals surface area contributed by atoms with E-state index in [0.717, 1.165) is 30.8 Å². The minimum atomic E-state index is -0.267. The van der Waals surface area contributed by atoms with Gasteiger partial charge in [-0.2, -0.15) is 0 Å². The molecule has 0 radical (unpaired) electrons. The van der Waals surface area contributed by atoms with Crippen molar-refractivity contribution in [3.63, 3.8) is 0 Å². The average molecular weight is 248 g/mol. The van der Waals surface area contributed by atoms with Crippen molar-refractivity contribution in [2.24, 2.45) is 17.4 Å². The maximum absolute atomic E-state index is 10.8. The third kappa shape index (κ3) is 3.01. The van der Waals surface area contributed by atoms with Crippen LogP contribution in [0.4, 0.5) is 0 Å². The minimum Gasteiger partial charge on any atom is -0.493 e. The highest BCUT2D eigenvalue weighted by Crippen LogP contribution is 2.29. The lowest BCUT2D eigenvalue weighted by atomic mass is 9.93. The Balaban J connectivity index is 2.00. The number of carbonyl (C=O) groups excluding carboxylic acids is 1. The summed E-state index contributed by atoms with van der Waals surface area (Å²) in [5.41, 5.74) is 13.7. The number of nitrogens with two attached hydrogens (primary N) is 2. The molecule has 1 amide bonds. The van der Waals surface area contributed by atoms with Gasteiger partial charge in [0.2, 0.25) is 5.91 Å². The second kappa shape index (κ2) is 5.40.